The molecule has 0 aliphatic rings. The van der Waals surface area contributed by atoms with Gasteiger partial charge in [0.1, 0.15) is 11.4 Å². The van der Waals surface area contributed by atoms with Crippen LogP contribution < -0.4 is 5.32 Å². The maximum absolute atomic E-state index is 13.1. The lowest BCUT2D eigenvalue weighted by Crippen LogP contribution is -2.27. The summed E-state index contributed by atoms with van der Waals surface area (Å²) in [6.45, 7) is 5.22. The molecule has 0 radical (unpaired) electrons. The number of halogens is 1. The van der Waals surface area contributed by atoms with E-state index in [4.69, 9.17) is 4.74 Å². The van der Waals surface area contributed by atoms with Crippen LogP contribution in [0, 0.1) is 5.82 Å². The van der Waals surface area contributed by atoms with Crippen molar-refractivity contribution in [1.29, 1.82) is 0 Å². The van der Waals surface area contributed by atoms with Crippen LogP contribution in [-0.2, 0) is 11.3 Å². The largest absolute Gasteiger partial charge is 0.444 e. The highest BCUT2D eigenvalue weighted by molar-refractivity contribution is 5.91. The lowest BCUT2D eigenvalue weighted by Gasteiger charge is -2.20. The molecular weight excluding hydrogens is 297 g/mol. The summed E-state index contributed by atoms with van der Waals surface area (Å²) in [5.41, 5.74) is 2.03. The molecule has 5 heteroatoms. The van der Waals surface area contributed by atoms with E-state index in [2.05, 4.69) is 5.32 Å². The van der Waals surface area contributed by atoms with Crippen LogP contribution in [0.1, 0.15) is 26.3 Å². The zero-order chi connectivity index (χ0) is 17.0. The molecule has 0 aliphatic carbocycles. The van der Waals surface area contributed by atoms with E-state index in [-0.39, 0.29) is 12.4 Å². The fraction of sp³-hybridized carbons (Fsp3) is 0.278. The number of ether oxygens (including phenoxy) is 1. The third-order valence-corrected chi connectivity index (χ3v) is 3.06. The second kappa shape index (κ2) is 6.79. The summed E-state index contributed by atoms with van der Waals surface area (Å²) in [5.74, 6) is -0.339. The number of benzene rings is 2. The van der Waals surface area contributed by atoms with Gasteiger partial charge in [-0.25, -0.2) is 9.18 Å². The second-order valence-corrected chi connectivity index (χ2v) is 6.17. The Labute approximate surface area is 134 Å². The van der Waals surface area contributed by atoms with E-state index in [1.807, 2.05) is 0 Å². The SMILES string of the molecule is CC(C)(C)OC(=O)Nc1ccc(CO)cc1-c1ccc(F)cc1. The van der Waals surface area contributed by atoms with Gasteiger partial charge in [-0.2, -0.15) is 0 Å². The molecule has 23 heavy (non-hydrogen) atoms. The van der Waals surface area contributed by atoms with Crippen molar-refractivity contribution in [3.8, 4) is 11.1 Å². The monoisotopic (exact) mass is 317 g/mol. The molecule has 122 valence electrons. The molecule has 0 aliphatic heterocycles. The molecule has 0 heterocycles. The number of hydrogen-bond donors (Lipinski definition) is 2. The third-order valence-electron chi connectivity index (χ3n) is 3.06. The van der Waals surface area contributed by atoms with Crippen LogP contribution in [0.25, 0.3) is 11.1 Å². The molecule has 0 unspecified atom stereocenters. The normalized spacial score (nSPS) is 11.2. The average molecular weight is 317 g/mol. The number of anilines is 1. The van der Waals surface area contributed by atoms with Gasteiger partial charge in [0, 0.05) is 5.56 Å². The van der Waals surface area contributed by atoms with E-state index < -0.39 is 11.7 Å². The van der Waals surface area contributed by atoms with E-state index in [1.165, 1.54) is 12.1 Å². The zero-order valence-corrected chi connectivity index (χ0v) is 13.4. The molecule has 2 aromatic rings. The van der Waals surface area contributed by atoms with E-state index in [0.29, 0.717) is 16.8 Å². The van der Waals surface area contributed by atoms with Crippen LogP contribution >= 0.6 is 0 Å². The summed E-state index contributed by atoms with van der Waals surface area (Å²) in [6, 6.07) is 11.1. The molecular formula is C18H20FNO3. The van der Waals surface area contributed by atoms with Gasteiger partial charge in [-0.3, -0.25) is 5.32 Å². The van der Waals surface area contributed by atoms with Crippen molar-refractivity contribution in [3.05, 3.63) is 53.8 Å². The quantitative estimate of drug-likeness (QED) is 0.885. The van der Waals surface area contributed by atoms with Gasteiger partial charge in [-0.1, -0.05) is 18.2 Å². The van der Waals surface area contributed by atoms with Crippen molar-refractivity contribution < 1.29 is 19.0 Å². The molecule has 0 saturated carbocycles. The van der Waals surface area contributed by atoms with Gasteiger partial charge < -0.3 is 9.84 Å². The molecule has 0 aromatic heterocycles. The van der Waals surface area contributed by atoms with E-state index in [9.17, 15) is 14.3 Å². The fourth-order valence-electron chi connectivity index (χ4n) is 2.08. The van der Waals surface area contributed by atoms with Gasteiger partial charge >= 0.3 is 6.09 Å². The number of aliphatic hydroxyl groups excluding tert-OH is 1. The molecule has 1 amide bonds. The standard InChI is InChI=1S/C18H20FNO3/c1-18(2,3)23-17(22)20-16-9-4-12(11-21)10-15(16)13-5-7-14(19)8-6-13/h4-10,21H,11H2,1-3H3,(H,20,22). The highest BCUT2D eigenvalue weighted by Gasteiger charge is 2.17. The number of rotatable bonds is 3. The van der Waals surface area contributed by atoms with E-state index >= 15 is 0 Å². The Morgan fingerprint density at radius 1 is 1.17 bits per heavy atom. The molecule has 0 bridgehead atoms. The Balaban J connectivity index is 2.35. The highest BCUT2D eigenvalue weighted by Crippen LogP contribution is 2.30. The molecule has 2 aromatic carbocycles. The Morgan fingerprint density at radius 3 is 2.39 bits per heavy atom. The third kappa shape index (κ3) is 4.79. The van der Waals surface area contributed by atoms with E-state index in [1.54, 1.807) is 51.1 Å². The molecule has 0 saturated heterocycles. The zero-order valence-electron chi connectivity index (χ0n) is 13.4. The highest BCUT2D eigenvalue weighted by atomic mass is 19.1. The predicted octanol–water partition coefficient (Wildman–Crippen LogP) is 4.33. The summed E-state index contributed by atoms with van der Waals surface area (Å²) >= 11 is 0. The number of nitrogens with one attached hydrogen (secondary N) is 1. The summed E-state index contributed by atoms with van der Waals surface area (Å²) < 4.78 is 18.4. The summed E-state index contributed by atoms with van der Waals surface area (Å²) in [6.07, 6.45) is -0.572. The maximum Gasteiger partial charge on any atom is 0.412 e. The predicted molar refractivity (Wildman–Crippen MR) is 87.6 cm³/mol. The lowest BCUT2D eigenvalue weighted by molar-refractivity contribution is 0.0636. The summed E-state index contributed by atoms with van der Waals surface area (Å²) in [4.78, 5) is 12.0. The van der Waals surface area contributed by atoms with Crippen molar-refractivity contribution in [1.82, 2.24) is 0 Å². The molecule has 0 spiro atoms. The molecule has 0 fully saturated rings. The minimum Gasteiger partial charge on any atom is -0.444 e. The van der Waals surface area contributed by atoms with Crippen molar-refractivity contribution in [3.63, 3.8) is 0 Å². The Kier molecular flexibility index (Phi) is 5.01. The smallest absolute Gasteiger partial charge is 0.412 e. The number of carbonyl (C=O) groups is 1. The topological polar surface area (TPSA) is 58.6 Å². The van der Waals surface area contributed by atoms with Crippen LogP contribution in [0.5, 0.6) is 0 Å². The number of amides is 1. The Bertz CT molecular complexity index is 690. The van der Waals surface area contributed by atoms with Crippen molar-refractivity contribution in [2.24, 2.45) is 0 Å². The maximum atomic E-state index is 13.1. The molecule has 2 rings (SSSR count). The minimum absolute atomic E-state index is 0.124. The minimum atomic E-state index is -0.606. The number of hydrogen-bond acceptors (Lipinski definition) is 3. The van der Waals surface area contributed by atoms with E-state index in [0.717, 1.165) is 5.56 Å². The summed E-state index contributed by atoms with van der Waals surface area (Å²) in [5, 5.41) is 12.0. The first-order valence-electron chi connectivity index (χ1n) is 7.28. The summed E-state index contributed by atoms with van der Waals surface area (Å²) in [7, 11) is 0. The number of aliphatic hydroxyl groups is 1. The molecule has 4 nitrogen and oxygen atoms in total. The first kappa shape index (κ1) is 17.0. The molecule has 2 N–H and O–H groups in total. The average Bonchev–Trinajstić information content (AvgIpc) is 2.46. The van der Waals surface area contributed by atoms with Crippen LogP contribution in [0.2, 0.25) is 0 Å². The first-order valence-corrected chi connectivity index (χ1v) is 7.28. The van der Waals surface area contributed by atoms with Crippen LogP contribution in [0.15, 0.2) is 42.5 Å². The van der Waals surface area contributed by atoms with Crippen LogP contribution in [-0.4, -0.2) is 16.8 Å². The van der Waals surface area contributed by atoms with Crippen molar-refractivity contribution in [2.75, 3.05) is 5.32 Å². The fourth-order valence-corrected chi connectivity index (χ4v) is 2.08. The Hall–Kier alpha value is -2.40. The van der Waals surface area contributed by atoms with Gasteiger partial charge in [-0.05, 0) is 56.2 Å². The number of carbonyl (C=O) groups excluding carboxylic acids is 1. The molecule has 0 atom stereocenters. The van der Waals surface area contributed by atoms with Gasteiger partial charge in [0.05, 0.1) is 12.3 Å². The Morgan fingerprint density at radius 2 is 1.83 bits per heavy atom. The van der Waals surface area contributed by atoms with Gasteiger partial charge in [0.25, 0.3) is 0 Å². The van der Waals surface area contributed by atoms with Crippen molar-refractivity contribution in [2.45, 2.75) is 33.0 Å². The van der Waals surface area contributed by atoms with Crippen LogP contribution in [0.3, 0.4) is 0 Å². The first-order chi connectivity index (χ1) is 10.8. The van der Waals surface area contributed by atoms with Gasteiger partial charge in [0.2, 0.25) is 0 Å². The van der Waals surface area contributed by atoms with Crippen LogP contribution in [0.4, 0.5) is 14.9 Å². The van der Waals surface area contributed by atoms with Gasteiger partial charge in [-0.15, -0.1) is 0 Å². The lowest BCUT2D eigenvalue weighted by atomic mass is 10.0. The van der Waals surface area contributed by atoms with Crippen molar-refractivity contribution >= 4 is 11.8 Å². The second-order valence-electron chi connectivity index (χ2n) is 6.17. The van der Waals surface area contributed by atoms with Gasteiger partial charge in [0.15, 0.2) is 0 Å².